The topological polar surface area (TPSA) is 15.3 Å². The number of hydrogen-bond acceptors (Lipinski definition) is 3. The maximum Gasteiger partial charge on any atom is 0.0595 e. The van der Waals surface area contributed by atoms with Crippen LogP contribution in [0.4, 0.5) is 0 Å². The number of halogens is 2. The minimum absolute atomic E-state index is 0.351. The Balaban J connectivity index is 1.83. The van der Waals surface area contributed by atoms with Crippen LogP contribution in [0.5, 0.6) is 0 Å². The molecule has 1 N–H and O–H groups in total. The molecule has 0 spiro atoms. The van der Waals surface area contributed by atoms with Crippen molar-refractivity contribution < 1.29 is 0 Å². The molecule has 1 saturated heterocycles. The summed E-state index contributed by atoms with van der Waals surface area (Å²) < 4.78 is 0. The minimum atomic E-state index is 0.351. The fourth-order valence-corrected chi connectivity index (χ4v) is 3.73. The van der Waals surface area contributed by atoms with Gasteiger partial charge in [-0.1, -0.05) is 36.2 Å². The van der Waals surface area contributed by atoms with Crippen LogP contribution in [0.15, 0.2) is 18.2 Å². The molecule has 0 radical (unpaired) electrons. The zero-order valence-corrected chi connectivity index (χ0v) is 14.2. The lowest BCUT2D eigenvalue weighted by atomic mass is 10.0. The van der Waals surface area contributed by atoms with Gasteiger partial charge in [-0.15, -0.1) is 0 Å². The lowest BCUT2D eigenvalue weighted by Gasteiger charge is -2.27. The predicted molar refractivity (Wildman–Crippen MR) is 91.3 cm³/mol. The molecular formula is C15H22Cl2N2S. The Labute approximate surface area is 136 Å². The van der Waals surface area contributed by atoms with Gasteiger partial charge in [-0.05, 0) is 24.1 Å². The van der Waals surface area contributed by atoms with Gasteiger partial charge in [0, 0.05) is 43.7 Å². The highest BCUT2D eigenvalue weighted by Gasteiger charge is 2.13. The molecule has 1 aromatic rings. The van der Waals surface area contributed by atoms with Crippen molar-refractivity contribution in [3.8, 4) is 0 Å². The van der Waals surface area contributed by atoms with Crippen molar-refractivity contribution in [3.05, 3.63) is 33.8 Å². The quantitative estimate of drug-likeness (QED) is 0.844. The summed E-state index contributed by atoms with van der Waals surface area (Å²) in [6.45, 7) is 6.77. The van der Waals surface area contributed by atoms with Crippen molar-refractivity contribution in [2.24, 2.45) is 0 Å². The number of thioether (sulfide) groups is 1. The molecule has 1 heterocycles. The fraction of sp³-hybridized carbons (Fsp3) is 0.600. The second-order valence-electron chi connectivity index (χ2n) is 5.04. The molecule has 0 amide bonds. The minimum Gasteiger partial charge on any atom is -0.309 e. The van der Waals surface area contributed by atoms with Crippen molar-refractivity contribution in [3.63, 3.8) is 0 Å². The molecular weight excluding hydrogens is 311 g/mol. The summed E-state index contributed by atoms with van der Waals surface area (Å²) in [5, 5.41) is 4.89. The van der Waals surface area contributed by atoms with Crippen LogP contribution in [0.2, 0.25) is 10.0 Å². The number of benzene rings is 1. The Kier molecular flexibility index (Phi) is 6.99. The van der Waals surface area contributed by atoms with E-state index in [-0.39, 0.29) is 0 Å². The van der Waals surface area contributed by atoms with Gasteiger partial charge in [0.05, 0.1) is 10.0 Å². The van der Waals surface area contributed by atoms with E-state index in [9.17, 15) is 0 Å². The van der Waals surface area contributed by atoms with E-state index < -0.39 is 0 Å². The number of nitrogens with zero attached hydrogens (tertiary/aromatic N) is 1. The van der Waals surface area contributed by atoms with Crippen molar-refractivity contribution >= 4 is 35.0 Å². The number of rotatable bonds is 6. The first-order chi connectivity index (χ1) is 9.70. The highest BCUT2D eigenvalue weighted by molar-refractivity contribution is 7.99. The first-order valence-electron chi connectivity index (χ1n) is 7.19. The van der Waals surface area contributed by atoms with Gasteiger partial charge in [-0.25, -0.2) is 0 Å². The third-order valence-electron chi connectivity index (χ3n) is 3.68. The van der Waals surface area contributed by atoms with Gasteiger partial charge in [0.2, 0.25) is 0 Å². The lowest BCUT2D eigenvalue weighted by molar-refractivity contribution is 0.294. The summed E-state index contributed by atoms with van der Waals surface area (Å²) in [6.07, 6.45) is 1.05. The molecule has 1 unspecified atom stereocenters. The maximum atomic E-state index is 6.10. The average Bonchev–Trinajstić information content (AvgIpc) is 2.48. The molecule has 0 aliphatic carbocycles. The standard InChI is InChI=1S/C15H22Cl2N2S/c1-2-15(12-3-4-13(16)14(17)11-12)18-5-6-19-7-9-20-10-8-19/h3-4,11,15,18H,2,5-10H2,1H3. The molecule has 0 aromatic heterocycles. The average molecular weight is 333 g/mol. The number of nitrogens with one attached hydrogen (secondary N) is 1. The third-order valence-corrected chi connectivity index (χ3v) is 5.36. The molecule has 2 rings (SSSR count). The van der Waals surface area contributed by atoms with E-state index in [1.165, 1.54) is 30.2 Å². The Hall–Kier alpha value is 0.0700. The van der Waals surface area contributed by atoms with Gasteiger partial charge >= 0.3 is 0 Å². The molecule has 1 aliphatic heterocycles. The first kappa shape index (κ1) is 16.4. The molecule has 1 fully saturated rings. The molecule has 1 aliphatic rings. The van der Waals surface area contributed by atoms with Crippen LogP contribution in [0.25, 0.3) is 0 Å². The van der Waals surface area contributed by atoms with E-state index in [0.29, 0.717) is 16.1 Å². The summed E-state index contributed by atoms with van der Waals surface area (Å²) in [6, 6.07) is 6.27. The Morgan fingerprint density at radius 2 is 2.00 bits per heavy atom. The van der Waals surface area contributed by atoms with Gasteiger partial charge in [-0.3, -0.25) is 0 Å². The smallest absolute Gasteiger partial charge is 0.0595 e. The van der Waals surface area contributed by atoms with Gasteiger partial charge in [-0.2, -0.15) is 11.8 Å². The van der Waals surface area contributed by atoms with Crippen molar-refractivity contribution in [1.82, 2.24) is 10.2 Å². The van der Waals surface area contributed by atoms with E-state index in [0.717, 1.165) is 19.5 Å². The normalized spacial score (nSPS) is 18.1. The monoisotopic (exact) mass is 332 g/mol. The Bertz CT molecular complexity index is 422. The summed E-state index contributed by atoms with van der Waals surface area (Å²) in [4.78, 5) is 2.53. The molecule has 2 nitrogen and oxygen atoms in total. The van der Waals surface area contributed by atoms with Crippen LogP contribution in [0, 0.1) is 0 Å². The summed E-state index contributed by atoms with van der Waals surface area (Å²) in [5.74, 6) is 2.54. The van der Waals surface area contributed by atoms with Gasteiger partial charge < -0.3 is 10.2 Å². The second-order valence-corrected chi connectivity index (χ2v) is 7.08. The van der Waals surface area contributed by atoms with Gasteiger partial charge in [0.1, 0.15) is 0 Å². The van der Waals surface area contributed by atoms with Crippen LogP contribution in [-0.2, 0) is 0 Å². The molecule has 1 aromatic carbocycles. The van der Waals surface area contributed by atoms with Crippen molar-refractivity contribution in [2.45, 2.75) is 19.4 Å². The molecule has 20 heavy (non-hydrogen) atoms. The predicted octanol–water partition coefficient (Wildman–Crippen LogP) is 4.08. The van der Waals surface area contributed by atoms with Gasteiger partial charge in [0.25, 0.3) is 0 Å². The van der Waals surface area contributed by atoms with Crippen LogP contribution >= 0.6 is 35.0 Å². The maximum absolute atomic E-state index is 6.10. The van der Waals surface area contributed by atoms with Gasteiger partial charge in [0.15, 0.2) is 0 Å². The first-order valence-corrected chi connectivity index (χ1v) is 9.10. The summed E-state index contributed by atoms with van der Waals surface area (Å²) in [5.41, 5.74) is 1.22. The molecule has 0 saturated carbocycles. The summed E-state index contributed by atoms with van der Waals surface area (Å²) in [7, 11) is 0. The highest BCUT2D eigenvalue weighted by Crippen LogP contribution is 2.26. The van der Waals surface area contributed by atoms with E-state index in [1.807, 2.05) is 12.1 Å². The zero-order chi connectivity index (χ0) is 14.4. The van der Waals surface area contributed by atoms with Crippen LogP contribution in [0.1, 0.15) is 24.9 Å². The van der Waals surface area contributed by atoms with E-state index in [2.05, 4.69) is 35.0 Å². The van der Waals surface area contributed by atoms with E-state index in [1.54, 1.807) is 0 Å². The Morgan fingerprint density at radius 3 is 2.65 bits per heavy atom. The SMILES string of the molecule is CCC(NCCN1CCSCC1)c1ccc(Cl)c(Cl)c1. The highest BCUT2D eigenvalue weighted by atomic mass is 35.5. The van der Waals surface area contributed by atoms with Crippen LogP contribution in [0.3, 0.4) is 0 Å². The largest absolute Gasteiger partial charge is 0.309 e. The second kappa shape index (κ2) is 8.50. The molecule has 0 bridgehead atoms. The zero-order valence-electron chi connectivity index (χ0n) is 11.9. The van der Waals surface area contributed by atoms with E-state index in [4.69, 9.17) is 23.2 Å². The molecule has 5 heteroatoms. The van der Waals surface area contributed by atoms with Crippen LogP contribution < -0.4 is 5.32 Å². The Morgan fingerprint density at radius 1 is 1.25 bits per heavy atom. The lowest BCUT2D eigenvalue weighted by Crippen LogP contribution is -2.38. The summed E-state index contributed by atoms with van der Waals surface area (Å²) >= 11 is 14.1. The molecule has 1 atom stereocenters. The number of hydrogen-bond donors (Lipinski definition) is 1. The van der Waals surface area contributed by atoms with Crippen molar-refractivity contribution in [2.75, 3.05) is 37.7 Å². The third kappa shape index (κ3) is 4.81. The van der Waals surface area contributed by atoms with E-state index >= 15 is 0 Å². The molecule has 112 valence electrons. The van der Waals surface area contributed by atoms with Crippen molar-refractivity contribution in [1.29, 1.82) is 0 Å². The van der Waals surface area contributed by atoms with Crippen LogP contribution in [-0.4, -0.2) is 42.6 Å². The fourth-order valence-electron chi connectivity index (χ4n) is 2.45.